The normalized spacial score (nSPS) is 10.3. The molecule has 0 aliphatic rings. The van der Waals surface area contributed by atoms with E-state index in [4.69, 9.17) is 14.2 Å². The van der Waals surface area contributed by atoms with E-state index in [9.17, 15) is 19.7 Å². The highest BCUT2D eigenvalue weighted by Gasteiger charge is 2.26. The molecule has 0 unspecified atom stereocenters. The molecule has 0 saturated carbocycles. The lowest BCUT2D eigenvalue weighted by molar-refractivity contribution is -0.385. The summed E-state index contributed by atoms with van der Waals surface area (Å²) in [6.45, 7) is 1.19. The number of aromatic nitrogens is 1. The van der Waals surface area contributed by atoms with Crippen molar-refractivity contribution in [3.63, 3.8) is 0 Å². The number of anilines is 2. The Balaban J connectivity index is 1.80. The van der Waals surface area contributed by atoms with E-state index in [-0.39, 0.29) is 29.6 Å². The molecule has 11 heteroatoms. The summed E-state index contributed by atoms with van der Waals surface area (Å²) < 4.78 is 15.4. The predicted molar refractivity (Wildman–Crippen MR) is 117 cm³/mol. The molecule has 0 aliphatic carbocycles. The predicted octanol–water partition coefficient (Wildman–Crippen LogP) is 4.11. The van der Waals surface area contributed by atoms with Gasteiger partial charge in [0, 0.05) is 18.4 Å². The second-order valence-electron chi connectivity index (χ2n) is 6.37. The number of amides is 1. The van der Waals surface area contributed by atoms with Crippen molar-refractivity contribution in [1.82, 2.24) is 4.98 Å². The molecule has 2 aromatic carbocycles. The van der Waals surface area contributed by atoms with Gasteiger partial charge in [0.15, 0.2) is 16.6 Å². The Kier molecular flexibility index (Phi) is 7.00. The van der Waals surface area contributed by atoms with Crippen molar-refractivity contribution in [1.29, 1.82) is 0 Å². The van der Waals surface area contributed by atoms with Crippen molar-refractivity contribution in [2.24, 2.45) is 0 Å². The van der Waals surface area contributed by atoms with Crippen LogP contribution in [-0.2, 0) is 16.1 Å². The fourth-order valence-corrected chi connectivity index (χ4v) is 3.74. The van der Waals surface area contributed by atoms with E-state index in [2.05, 4.69) is 4.98 Å². The Bertz CT molecular complexity index is 1150. The second-order valence-corrected chi connectivity index (χ2v) is 7.21. The molecule has 166 valence electrons. The fraction of sp³-hybridized carbons (Fsp3) is 0.190. The molecule has 0 fully saturated rings. The number of carbonyl (C=O) groups is 2. The first kappa shape index (κ1) is 22.7. The van der Waals surface area contributed by atoms with Crippen LogP contribution in [0.5, 0.6) is 11.5 Å². The number of ether oxygens (including phenoxy) is 3. The zero-order valence-corrected chi connectivity index (χ0v) is 18.3. The zero-order chi connectivity index (χ0) is 23.3. The van der Waals surface area contributed by atoms with Crippen molar-refractivity contribution in [2.45, 2.75) is 13.5 Å². The maximum Gasteiger partial charge on any atom is 0.345 e. The van der Waals surface area contributed by atoms with E-state index in [1.165, 1.54) is 43.4 Å². The number of para-hydroxylation sites is 1. The molecule has 0 spiro atoms. The van der Waals surface area contributed by atoms with Crippen molar-refractivity contribution in [2.75, 3.05) is 19.1 Å². The summed E-state index contributed by atoms with van der Waals surface area (Å²) in [6.07, 6.45) is 0. The summed E-state index contributed by atoms with van der Waals surface area (Å²) in [5.41, 5.74) is 0.290. The number of esters is 1. The molecule has 0 N–H and O–H groups in total. The van der Waals surface area contributed by atoms with Crippen LogP contribution in [0.15, 0.2) is 47.8 Å². The van der Waals surface area contributed by atoms with E-state index < -0.39 is 16.6 Å². The summed E-state index contributed by atoms with van der Waals surface area (Å²) in [7, 11) is 2.68. The highest BCUT2D eigenvalue weighted by Crippen LogP contribution is 2.35. The van der Waals surface area contributed by atoms with Crippen LogP contribution in [0, 0.1) is 10.1 Å². The number of thiazole rings is 1. The van der Waals surface area contributed by atoms with Gasteiger partial charge in [-0.3, -0.25) is 19.8 Å². The summed E-state index contributed by atoms with van der Waals surface area (Å²) in [5.74, 6) is -0.875. The van der Waals surface area contributed by atoms with Crippen LogP contribution in [0.1, 0.15) is 23.0 Å². The number of methoxy groups -OCH3 is 2. The van der Waals surface area contributed by atoms with Gasteiger partial charge in [0.2, 0.25) is 5.91 Å². The number of nitro benzene ring substituents is 1. The number of benzene rings is 2. The molecule has 0 atom stereocenters. The molecule has 3 rings (SSSR count). The Morgan fingerprint density at radius 3 is 2.38 bits per heavy atom. The van der Waals surface area contributed by atoms with E-state index >= 15 is 0 Å². The third-order valence-electron chi connectivity index (χ3n) is 4.33. The van der Waals surface area contributed by atoms with Gasteiger partial charge < -0.3 is 14.2 Å². The lowest BCUT2D eigenvalue weighted by Gasteiger charge is -2.17. The Labute approximate surface area is 187 Å². The average molecular weight is 457 g/mol. The van der Waals surface area contributed by atoms with Crippen molar-refractivity contribution in [3.8, 4) is 11.5 Å². The van der Waals surface area contributed by atoms with Crippen LogP contribution in [0.25, 0.3) is 0 Å². The first-order valence-corrected chi connectivity index (χ1v) is 10.1. The number of nitrogens with zero attached hydrogens (tertiary/aromatic N) is 3. The van der Waals surface area contributed by atoms with Crippen LogP contribution < -0.4 is 14.4 Å². The van der Waals surface area contributed by atoms with Gasteiger partial charge in [-0.15, -0.1) is 11.3 Å². The highest BCUT2D eigenvalue weighted by atomic mass is 32.1. The van der Waals surface area contributed by atoms with Gasteiger partial charge in [0.1, 0.15) is 12.2 Å². The van der Waals surface area contributed by atoms with Crippen LogP contribution >= 0.6 is 11.3 Å². The van der Waals surface area contributed by atoms with Crippen molar-refractivity contribution in [3.05, 3.63) is 69.2 Å². The van der Waals surface area contributed by atoms with Gasteiger partial charge >= 0.3 is 5.97 Å². The lowest BCUT2D eigenvalue weighted by atomic mass is 10.1. The first-order valence-electron chi connectivity index (χ1n) is 9.23. The molecule has 3 aromatic rings. The maximum atomic E-state index is 12.6. The van der Waals surface area contributed by atoms with Gasteiger partial charge in [0.05, 0.1) is 36.6 Å². The largest absolute Gasteiger partial charge is 0.493 e. The molecule has 1 amide bonds. The van der Waals surface area contributed by atoms with E-state index in [0.29, 0.717) is 16.5 Å². The smallest absolute Gasteiger partial charge is 0.345 e. The molecule has 32 heavy (non-hydrogen) atoms. The number of rotatable bonds is 8. The summed E-state index contributed by atoms with van der Waals surface area (Å²) in [4.78, 5) is 41.2. The van der Waals surface area contributed by atoms with Gasteiger partial charge in [-0.05, 0) is 12.1 Å². The SMILES string of the molecule is COc1cc(C(=O)OCc2csc(N(C(C)=O)c3ccccc3)n2)c([N+](=O)[O-])cc1OC. The third-order valence-corrected chi connectivity index (χ3v) is 5.20. The number of hydrogen-bond donors (Lipinski definition) is 0. The molecule has 0 aliphatic heterocycles. The third kappa shape index (κ3) is 4.83. The molecule has 1 aromatic heterocycles. The summed E-state index contributed by atoms with van der Waals surface area (Å²) in [5, 5.41) is 13.5. The molecule has 0 saturated heterocycles. The minimum absolute atomic E-state index is 0.116. The van der Waals surface area contributed by atoms with E-state index in [1.807, 2.05) is 6.07 Å². The number of nitro groups is 1. The van der Waals surface area contributed by atoms with Gasteiger partial charge in [0.25, 0.3) is 5.69 Å². The quantitative estimate of drug-likeness (QED) is 0.281. The lowest BCUT2D eigenvalue weighted by Crippen LogP contribution is -2.22. The highest BCUT2D eigenvalue weighted by molar-refractivity contribution is 7.14. The summed E-state index contributed by atoms with van der Waals surface area (Å²) >= 11 is 1.21. The monoisotopic (exact) mass is 457 g/mol. The van der Waals surface area contributed by atoms with Crippen molar-refractivity contribution >= 4 is 39.7 Å². The topological polar surface area (TPSA) is 121 Å². The van der Waals surface area contributed by atoms with Crippen LogP contribution in [0.4, 0.5) is 16.5 Å². The maximum absolute atomic E-state index is 12.6. The standard InChI is InChI=1S/C21H19N3O7S/c1-13(25)23(15-7-5-4-6-8-15)21-22-14(12-32-21)11-31-20(26)16-9-18(29-2)19(30-3)10-17(16)24(27)28/h4-10,12H,11H2,1-3H3. The van der Waals surface area contributed by atoms with Crippen LogP contribution in [0.3, 0.4) is 0 Å². The fourth-order valence-electron chi connectivity index (χ4n) is 2.87. The van der Waals surface area contributed by atoms with Gasteiger partial charge in [-0.25, -0.2) is 9.78 Å². The molecule has 0 bridgehead atoms. The Hall–Kier alpha value is -3.99. The van der Waals surface area contributed by atoms with Crippen LogP contribution in [-0.4, -0.2) is 36.0 Å². The first-order chi connectivity index (χ1) is 15.3. The van der Waals surface area contributed by atoms with Gasteiger partial charge in [-0.1, -0.05) is 18.2 Å². The molecule has 0 radical (unpaired) electrons. The summed E-state index contributed by atoms with van der Waals surface area (Å²) in [6, 6.07) is 11.3. The molecule has 10 nitrogen and oxygen atoms in total. The Morgan fingerprint density at radius 2 is 1.78 bits per heavy atom. The minimum atomic E-state index is -0.918. The van der Waals surface area contributed by atoms with Crippen molar-refractivity contribution < 1.29 is 28.7 Å². The number of hydrogen-bond acceptors (Lipinski definition) is 9. The minimum Gasteiger partial charge on any atom is -0.493 e. The van der Waals surface area contributed by atoms with E-state index in [0.717, 1.165) is 6.07 Å². The average Bonchev–Trinajstić information content (AvgIpc) is 3.25. The molecular formula is C21H19N3O7S. The second kappa shape index (κ2) is 9.88. The Morgan fingerprint density at radius 1 is 1.12 bits per heavy atom. The number of carbonyl (C=O) groups excluding carboxylic acids is 2. The molecular weight excluding hydrogens is 438 g/mol. The van der Waals surface area contributed by atoms with E-state index in [1.54, 1.807) is 29.6 Å². The van der Waals surface area contributed by atoms with Gasteiger partial charge in [-0.2, -0.15) is 0 Å². The molecule has 1 heterocycles. The van der Waals surface area contributed by atoms with Crippen LogP contribution in [0.2, 0.25) is 0 Å². The zero-order valence-electron chi connectivity index (χ0n) is 17.4.